The second-order valence-corrected chi connectivity index (χ2v) is 2.88. The van der Waals surface area contributed by atoms with E-state index >= 15 is 0 Å². The van der Waals surface area contributed by atoms with Crippen LogP contribution in [-0.2, 0) is 4.74 Å². The summed E-state index contributed by atoms with van der Waals surface area (Å²) >= 11 is 0. The highest BCUT2D eigenvalue weighted by Gasteiger charge is 2.42. The second kappa shape index (κ2) is 2.12. The Morgan fingerprint density at radius 2 is 2.36 bits per heavy atom. The van der Waals surface area contributed by atoms with Crippen LogP contribution in [0.5, 0.6) is 0 Å². The molecule has 4 heteroatoms. The molecule has 2 aliphatic rings. The fourth-order valence-electron chi connectivity index (χ4n) is 0.848. The molecule has 1 heterocycles. The third-order valence-corrected chi connectivity index (χ3v) is 1.79. The highest BCUT2D eigenvalue weighted by Crippen LogP contribution is 2.27. The quantitative estimate of drug-likeness (QED) is 0.514. The van der Waals surface area contributed by atoms with Gasteiger partial charge in [-0.05, 0) is 12.8 Å². The molecular formula is C7H8N2O2. The lowest BCUT2D eigenvalue weighted by Gasteiger charge is -2.01. The van der Waals surface area contributed by atoms with Gasteiger partial charge in [-0.15, -0.1) is 0 Å². The van der Waals surface area contributed by atoms with Crippen LogP contribution in [0.1, 0.15) is 12.8 Å². The van der Waals surface area contributed by atoms with E-state index in [2.05, 4.69) is 0 Å². The Bertz CT molecular complexity index is 229. The lowest BCUT2D eigenvalue weighted by Crippen LogP contribution is -2.15. The van der Waals surface area contributed by atoms with Crippen molar-refractivity contribution >= 4 is 6.09 Å². The predicted octanol–water partition coefficient (Wildman–Crippen LogP) is 0.493. The number of nitrogens with zero attached hydrogens (tertiary/aromatic N) is 2. The lowest BCUT2D eigenvalue weighted by atomic mass is 10.5. The van der Waals surface area contributed by atoms with Crippen LogP contribution in [0.25, 0.3) is 0 Å². The first-order chi connectivity index (χ1) is 5.31. The van der Waals surface area contributed by atoms with E-state index in [1.54, 1.807) is 0 Å². The summed E-state index contributed by atoms with van der Waals surface area (Å²) in [7, 11) is 0. The highest BCUT2D eigenvalue weighted by atomic mass is 16.6. The molecule has 1 saturated heterocycles. The van der Waals surface area contributed by atoms with Crippen molar-refractivity contribution in [2.24, 2.45) is 0 Å². The molecule has 0 bridgehead atoms. The Labute approximate surface area is 64.3 Å². The smallest absolute Gasteiger partial charge is 0.411 e. The first-order valence-corrected chi connectivity index (χ1v) is 3.68. The molecule has 4 nitrogen and oxygen atoms in total. The number of carbonyl (C=O) groups is 1. The minimum Gasteiger partial charge on any atom is -0.446 e. The maximum absolute atomic E-state index is 11.0. The summed E-state index contributed by atoms with van der Waals surface area (Å²) in [6.07, 6.45) is 1.79. The van der Waals surface area contributed by atoms with E-state index < -0.39 is 0 Å². The molecule has 1 saturated carbocycles. The molecular weight excluding hydrogens is 144 g/mol. The molecule has 1 atom stereocenters. The van der Waals surface area contributed by atoms with E-state index in [1.807, 2.05) is 6.07 Å². The summed E-state index contributed by atoms with van der Waals surface area (Å²) < 4.78 is 4.95. The Morgan fingerprint density at radius 1 is 1.64 bits per heavy atom. The third kappa shape index (κ3) is 1.27. The molecule has 2 rings (SSSR count). The predicted molar refractivity (Wildman–Crippen MR) is 35.6 cm³/mol. The van der Waals surface area contributed by atoms with Crippen LogP contribution in [0.15, 0.2) is 0 Å². The number of nitriles is 1. The molecule has 0 spiro atoms. The van der Waals surface area contributed by atoms with E-state index in [9.17, 15) is 4.79 Å². The summed E-state index contributed by atoms with van der Waals surface area (Å²) in [6, 6.07) is 1.77. The number of carbonyl (C=O) groups excluding carboxylic acids is 1. The average Bonchev–Trinajstić information content (AvgIpc) is 2.82. The minimum atomic E-state index is -0.320. The second-order valence-electron chi connectivity index (χ2n) is 2.88. The summed E-state index contributed by atoms with van der Waals surface area (Å²) in [5, 5.41) is 8.38. The number of amides is 1. The lowest BCUT2D eigenvalue weighted by molar-refractivity contribution is 0.123. The number of hydrogen-bond acceptors (Lipinski definition) is 3. The normalized spacial score (nSPS) is 27.5. The summed E-state index contributed by atoms with van der Waals surface area (Å²) in [4.78, 5) is 12.4. The van der Waals surface area contributed by atoms with Crippen molar-refractivity contribution < 1.29 is 9.53 Å². The van der Waals surface area contributed by atoms with Crippen molar-refractivity contribution in [2.45, 2.75) is 25.0 Å². The van der Waals surface area contributed by atoms with Gasteiger partial charge in [0, 0.05) is 0 Å². The van der Waals surface area contributed by atoms with Crippen molar-refractivity contribution in [3.63, 3.8) is 0 Å². The monoisotopic (exact) mass is 152 g/mol. The van der Waals surface area contributed by atoms with Gasteiger partial charge in [0.15, 0.2) is 0 Å². The maximum Gasteiger partial charge on any atom is 0.411 e. The van der Waals surface area contributed by atoms with Gasteiger partial charge in [0.25, 0.3) is 0 Å². The molecule has 11 heavy (non-hydrogen) atoms. The fourth-order valence-corrected chi connectivity index (χ4v) is 0.848. The number of rotatable bonds is 1. The molecule has 0 N–H and O–H groups in total. The van der Waals surface area contributed by atoms with Gasteiger partial charge in [-0.2, -0.15) is 5.26 Å². The van der Waals surface area contributed by atoms with Gasteiger partial charge >= 0.3 is 6.09 Å². The van der Waals surface area contributed by atoms with Gasteiger partial charge in [0.05, 0.1) is 12.6 Å². The maximum atomic E-state index is 11.0. The summed E-state index contributed by atoms with van der Waals surface area (Å²) in [6.45, 7) is 0.544. The molecule has 0 aromatic rings. The van der Waals surface area contributed by atoms with Gasteiger partial charge in [-0.25, -0.2) is 4.79 Å². The molecule has 0 aromatic heterocycles. The fraction of sp³-hybridized carbons (Fsp3) is 0.714. The zero-order valence-electron chi connectivity index (χ0n) is 5.99. The summed E-state index contributed by atoms with van der Waals surface area (Å²) in [5.41, 5.74) is 0. The molecule has 1 amide bonds. The molecule has 1 aliphatic carbocycles. The Kier molecular flexibility index (Phi) is 1.25. The van der Waals surface area contributed by atoms with Crippen molar-refractivity contribution in [1.29, 1.82) is 5.26 Å². The first kappa shape index (κ1) is 6.47. The Balaban J connectivity index is 1.78. The standard InChI is InChI=1S/C7H8N2O2/c8-3-5-4-9(5)7(10)11-6-1-2-6/h5-6H,1-2,4H2. The topological polar surface area (TPSA) is 53.1 Å². The van der Waals surface area contributed by atoms with Crippen LogP contribution in [0.4, 0.5) is 4.79 Å². The van der Waals surface area contributed by atoms with E-state index in [1.165, 1.54) is 4.90 Å². The van der Waals surface area contributed by atoms with Gasteiger partial charge in [0.1, 0.15) is 12.1 Å². The van der Waals surface area contributed by atoms with E-state index in [0.717, 1.165) is 12.8 Å². The van der Waals surface area contributed by atoms with E-state index in [-0.39, 0.29) is 18.2 Å². The van der Waals surface area contributed by atoms with Crippen LogP contribution in [-0.4, -0.2) is 29.7 Å². The van der Waals surface area contributed by atoms with Gasteiger partial charge in [-0.1, -0.05) is 0 Å². The van der Waals surface area contributed by atoms with Crippen LogP contribution in [0.2, 0.25) is 0 Å². The molecule has 0 aromatic carbocycles. The first-order valence-electron chi connectivity index (χ1n) is 3.68. The van der Waals surface area contributed by atoms with Crippen LogP contribution in [0, 0.1) is 11.3 Å². The number of ether oxygens (including phenoxy) is 1. The van der Waals surface area contributed by atoms with Crippen LogP contribution < -0.4 is 0 Å². The van der Waals surface area contributed by atoms with Gasteiger partial charge in [0.2, 0.25) is 0 Å². The van der Waals surface area contributed by atoms with E-state index in [0.29, 0.717) is 6.54 Å². The van der Waals surface area contributed by atoms with Crippen molar-refractivity contribution in [3.05, 3.63) is 0 Å². The Morgan fingerprint density at radius 3 is 2.82 bits per heavy atom. The number of hydrogen-bond donors (Lipinski definition) is 0. The Hall–Kier alpha value is -1.24. The molecule has 2 fully saturated rings. The van der Waals surface area contributed by atoms with Crippen LogP contribution in [0.3, 0.4) is 0 Å². The average molecular weight is 152 g/mol. The third-order valence-electron chi connectivity index (χ3n) is 1.79. The summed E-state index contributed by atoms with van der Waals surface area (Å²) in [5.74, 6) is 0. The molecule has 58 valence electrons. The van der Waals surface area contributed by atoms with Gasteiger partial charge in [-0.3, -0.25) is 4.90 Å². The van der Waals surface area contributed by atoms with Gasteiger partial charge < -0.3 is 4.74 Å². The van der Waals surface area contributed by atoms with Crippen LogP contribution >= 0.6 is 0 Å². The zero-order chi connectivity index (χ0) is 7.84. The van der Waals surface area contributed by atoms with E-state index in [4.69, 9.17) is 10.00 Å². The molecule has 1 unspecified atom stereocenters. The minimum absolute atomic E-state index is 0.141. The SMILES string of the molecule is N#CC1CN1C(=O)OC1CC1. The zero-order valence-corrected chi connectivity index (χ0v) is 5.99. The van der Waals surface area contributed by atoms with Crippen molar-refractivity contribution in [2.75, 3.05) is 6.54 Å². The van der Waals surface area contributed by atoms with Crippen molar-refractivity contribution in [1.82, 2.24) is 4.90 Å². The van der Waals surface area contributed by atoms with Crippen molar-refractivity contribution in [3.8, 4) is 6.07 Å². The largest absolute Gasteiger partial charge is 0.446 e. The highest BCUT2D eigenvalue weighted by molar-refractivity contribution is 5.72. The molecule has 1 aliphatic heterocycles. The molecule has 0 radical (unpaired) electrons.